The summed E-state index contributed by atoms with van der Waals surface area (Å²) in [6, 6.07) is 17.5. The van der Waals surface area contributed by atoms with Gasteiger partial charge in [0.05, 0.1) is 51.8 Å². The van der Waals surface area contributed by atoms with Crippen molar-refractivity contribution in [3.63, 3.8) is 0 Å². The first kappa shape index (κ1) is 23.4. The number of hydrogen-bond acceptors (Lipinski definition) is 4. The molecule has 2 aliphatic heterocycles. The van der Waals surface area contributed by atoms with Gasteiger partial charge in [-0.15, -0.1) is 0 Å². The molecule has 0 amide bonds. The van der Waals surface area contributed by atoms with E-state index in [-0.39, 0.29) is 0 Å². The minimum absolute atomic E-state index is 0.317. The van der Waals surface area contributed by atoms with Gasteiger partial charge in [-0.05, 0) is 35.1 Å². The number of benzene rings is 2. The van der Waals surface area contributed by atoms with Crippen LogP contribution >= 0.6 is 0 Å². The van der Waals surface area contributed by atoms with Gasteiger partial charge in [0.2, 0.25) is 0 Å². The minimum Gasteiger partial charge on any atom is -0.380 e. The summed E-state index contributed by atoms with van der Waals surface area (Å²) in [4.78, 5) is 0. The molecule has 174 valence electrons. The van der Waals surface area contributed by atoms with E-state index >= 15 is 0 Å². The fraction of sp³-hybridized carbons (Fsp3) is 0.571. The van der Waals surface area contributed by atoms with E-state index in [0.29, 0.717) is 37.3 Å². The van der Waals surface area contributed by atoms with E-state index < -0.39 is 0 Å². The van der Waals surface area contributed by atoms with E-state index in [2.05, 4.69) is 62.4 Å². The summed E-state index contributed by atoms with van der Waals surface area (Å²) in [6.07, 6.45) is 5.14. The van der Waals surface area contributed by atoms with Gasteiger partial charge in [0.1, 0.15) is 0 Å². The molecule has 2 fully saturated rings. The fourth-order valence-electron chi connectivity index (χ4n) is 4.41. The molecular formula is C28H38O4. The molecule has 4 nitrogen and oxygen atoms in total. The summed E-state index contributed by atoms with van der Waals surface area (Å²) < 4.78 is 23.1. The van der Waals surface area contributed by atoms with Crippen LogP contribution in [0.15, 0.2) is 48.5 Å². The van der Waals surface area contributed by atoms with Crippen molar-refractivity contribution in [1.29, 1.82) is 0 Å². The third-order valence-corrected chi connectivity index (χ3v) is 6.70. The molecule has 2 aromatic rings. The Morgan fingerprint density at radius 1 is 0.656 bits per heavy atom. The Labute approximate surface area is 193 Å². The maximum Gasteiger partial charge on any atom is 0.0720 e. The van der Waals surface area contributed by atoms with Crippen LogP contribution in [-0.2, 0) is 32.2 Å². The van der Waals surface area contributed by atoms with Crippen LogP contribution in [0, 0.1) is 11.8 Å². The number of hydrogen-bond donors (Lipinski definition) is 0. The highest BCUT2D eigenvalue weighted by atomic mass is 16.5. The summed E-state index contributed by atoms with van der Waals surface area (Å²) in [7, 11) is 0. The van der Waals surface area contributed by atoms with E-state index in [0.717, 1.165) is 52.1 Å². The summed E-state index contributed by atoms with van der Waals surface area (Å²) in [5.41, 5.74) is 4.91. The molecule has 4 heteroatoms. The lowest BCUT2D eigenvalue weighted by Gasteiger charge is -2.33. The highest BCUT2D eigenvalue weighted by molar-refractivity contribution is 5.63. The van der Waals surface area contributed by atoms with Gasteiger partial charge in [-0.25, -0.2) is 0 Å². The largest absolute Gasteiger partial charge is 0.380 e. The van der Waals surface area contributed by atoms with Crippen molar-refractivity contribution >= 4 is 0 Å². The quantitative estimate of drug-likeness (QED) is 0.383. The normalized spacial score (nSPS) is 18.7. The van der Waals surface area contributed by atoms with Crippen LogP contribution in [-0.4, -0.2) is 38.6 Å². The van der Waals surface area contributed by atoms with Gasteiger partial charge in [-0.3, -0.25) is 0 Å². The highest BCUT2D eigenvalue weighted by Crippen LogP contribution is 2.26. The zero-order valence-electron chi connectivity index (χ0n) is 19.6. The van der Waals surface area contributed by atoms with Crippen molar-refractivity contribution in [3.8, 4) is 11.1 Å². The molecule has 0 spiro atoms. The molecule has 0 bridgehead atoms. The maximum absolute atomic E-state index is 6.22. The SMILES string of the molecule is CCCC(OCc1ccc(-c2ccc(COC(CCC)C3COC3)cc2)cc1)C1COC1. The zero-order valence-corrected chi connectivity index (χ0v) is 19.6. The Hall–Kier alpha value is -1.72. The van der Waals surface area contributed by atoms with E-state index in [1.54, 1.807) is 0 Å². The van der Waals surface area contributed by atoms with Gasteiger partial charge in [0.25, 0.3) is 0 Å². The molecule has 0 N–H and O–H groups in total. The molecule has 2 aromatic carbocycles. The number of ether oxygens (including phenoxy) is 4. The minimum atomic E-state index is 0.317. The first-order valence-corrected chi connectivity index (χ1v) is 12.3. The monoisotopic (exact) mass is 438 g/mol. The summed E-state index contributed by atoms with van der Waals surface area (Å²) in [6.45, 7) is 9.16. The molecule has 0 saturated carbocycles. The van der Waals surface area contributed by atoms with Gasteiger partial charge >= 0.3 is 0 Å². The number of rotatable bonds is 13. The second-order valence-corrected chi connectivity index (χ2v) is 9.27. The summed E-state index contributed by atoms with van der Waals surface area (Å²) in [5, 5.41) is 0. The molecule has 2 heterocycles. The second kappa shape index (κ2) is 11.9. The van der Waals surface area contributed by atoms with Crippen LogP contribution in [0.3, 0.4) is 0 Å². The Kier molecular flexibility index (Phi) is 8.75. The van der Waals surface area contributed by atoms with E-state index in [1.165, 1.54) is 22.3 Å². The molecular weight excluding hydrogens is 400 g/mol. The van der Waals surface area contributed by atoms with Gasteiger partial charge in [0, 0.05) is 11.8 Å². The predicted molar refractivity (Wildman–Crippen MR) is 127 cm³/mol. The Morgan fingerprint density at radius 3 is 1.31 bits per heavy atom. The van der Waals surface area contributed by atoms with Crippen molar-refractivity contribution < 1.29 is 18.9 Å². The van der Waals surface area contributed by atoms with Crippen LogP contribution in [0.5, 0.6) is 0 Å². The van der Waals surface area contributed by atoms with E-state index in [4.69, 9.17) is 18.9 Å². The Bertz CT molecular complexity index is 724. The Morgan fingerprint density at radius 2 is 1.03 bits per heavy atom. The molecule has 0 radical (unpaired) electrons. The lowest BCUT2D eigenvalue weighted by atomic mass is 9.97. The third kappa shape index (κ3) is 6.20. The molecule has 32 heavy (non-hydrogen) atoms. The molecule has 2 aliphatic rings. The second-order valence-electron chi connectivity index (χ2n) is 9.27. The van der Waals surface area contributed by atoms with Crippen molar-refractivity contribution in [1.82, 2.24) is 0 Å². The zero-order chi connectivity index (χ0) is 22.2. The van der Waals surface area contributed by atoms with Crippen LogP contribution in [0.2, 0.25) is 0 Å². The van der Waals surface area contributed by atoms with Crippen molar-refractivity contribution in [3.05, 3.63) is 59.7 Å². The van der Waals surface area contributed by atoms with Crippen LogP contribution in [0.1, 0.15) is 50.7 Å². The smallest absolute Gasteiger partial charge is 0.0720 e. The molecule has 0 aromatic heterocycles. The lowest BCUT2D eigenvalue weighted by Crippen LogP contribution is -2.39. The summed E-state index contributed by atoms with van der Waals surface area (Å²) >= 11 is 0. The maximum atomic E-state index is 6.22. The fourth-order valence-corrected chi connectivity index (χ4v) is 4.41. The molecule has 0 aliphatic carbocycles. The van der Waals surface area contributed by atoms with Crippen LogP contribution in [0.25, 0.3) is 11.1 Å². The van der Waals surface area contributed by atoms with Crippen molar-refractivity contribution in [2.24, 2.45) is 11.8 Å². The van der Waals surface area contributed by atoms with Crippen molar-refractivity contribution in [2.75, 3.05) is 26.4 Å². The topological polar surface area (TPSA) is 36.9 Å². The molecule has 2 saturated heterocycles. The van der Waals surface area contributed by atoms with E-state index in [1.807, 2.05) is 0 Å². The first-order valence-electron chi connectivity index (χ1n) is 12.3. The highest BCUT2D eigenvalue weighted by Gasteiger charge is 2.29. The Balaban J connectivity index is 1.28. The van der Waals surface area contributed by atoms with Crippen LogP contribution in [0.4, 0.5) is 0 Å². The lowest BCUT2D eigenvalue weighted by molar-refractivity contribution is -0.121. The first-order chi connectivity index (χ1) is 15.8. The van der Waals surface area contributed by atoms with Crippen molar-refractivity contribution in [2.45, 2.75) is 65.0 Å². The van der Waals surface area contributed by atoms with Gasteiger partial charge in [-0.2, -0.15) is 0 Å². The van der Waals surface area contributed by atoms with Gasteiger partial charge in [-0.1, -0.05) is 75.2 Å². The van der Waals surface area contributed by atoms with Crippen LogP contribution < -0.4 is 0 Å². The van der Waals surface area contributed by atoms with Gasteiger partial charge in [0.15, 0.2) is 0 Å². The van der Waals surface area contributed by atoms with Gasteiger partial charge < -0.3 is 18.9 Å². The molecule has 2 atom stereocenters. The molecule has 2 unspecified atom stereocenters. The standard InChI is InChI=1S/C28H38O4/c1-3-5-27(25-17-29-18-25)31-15-21-7-11-23(12-8-21)24-13-9-22(10-14-24)16-32-28(6-4-2)26-19-30-20-26/h7-14,25-28H,3-6,15-20H2,1-2H3. The molecule has 4 rings (SSSR count). The van der Waals surface area contributed by atoms with E-state index in [9.17, 15) is 0 Å². The average molecular weight is 439 g/mol. The predicted octanol–water partition coefficient (Wildman–Crippen LogP) is 6.02. The third-order valence-electron chi connectivity index (χ3n) is 6.70. The average Bonchev–Trinajstić information content (AvgIpc) is 2.74. The summed E-state index contributed by atoms with van der Waals surface area (Å²) in [5.74, 6) is 1.13.